The minimum Gasteiger partial charge on any atom is -0.481 e. The van der Waals surface area contributed by atoms with Gasteiger partial charge in [-0.15, -0.1) is 0 Å². The number of aromatic nitrogens is 1. The van der Waals surface area contributed by atoms with Gasteiger partial charge in [0.05, 0.1) is 24.2 Å². The van der Waals surface area contributed by atoms with Crippen molar-refractivity contribution in [3.63, 3.8) is 0 Å². The number of carboxylic acids is 2. The third kappa shape index (κ3) is 8.11. The van der Waals surface area contributed by atoms with Gasteiger partial charge in [-0.2, -0.15) is 0 Å². The van der Waals surface area contributed by atoms with Gasteiger partial charge >= 0.3 is 11.9 Å². The van der Waals surface area contributed by atoms with Gasteiger partial charge in [-0.3, -0.25) is 9.59 Å². The Morgan fingerprint density at radius 1 is 0.867 bits per heavy atom. The molecule has 0 saturated heterocycles. The number of benzene rings is 3. The molecule has 3 aromatic carbocycles. The normalized spacial score (nSPS) is 12.8. The molecule has 0 aliphatic heterocycles. The first-order valence-electron chi connectivity index (χ1n) is 14.4. The fourth-order valence-electron chi connectivity index (χ4n) is 5.20. The van der Waals surface area contributed by atoms with Crippen LogP contribution < -0.4 is 5.32 Å². The molecule has 45 heavy (non-hydrogen) atoms. The smallest absolute Gasteiger partial charge is 0.335 e. The van der Waals surface area contributed by atoms with Crippen LogP contribution in [0.1, 0.15) is 64.8 Å². The average molecular weight is 615 g/mol. The van der Waals surface area contributed by atoms with Crippen molar-refractivity contribution >= 4 is 23.9 Å². The number of aliphatic hydroxyl groups excluding tert-OH is 2. The fourth-order valence-corrected chi connectivity index (χ4v) is 5.20. The number of nitrogens with one attached hydrogen (secondary N) is 1. The van der Waals surface area contributed by atoms with Crippen molar-refractivity contribution in [1.82, 2.24) is 9.88 Å². The Bertz CT molecular complexity index is 1680. The third-order valence-electron chi connectivity index (χ3n) is 7.22. The Morgan fingerprint density at radius 2 is 1.49 bits per heavy atom. The number of hydrogen-bond acceptors (Lipinski definition) is 5. The predicted molar refractivity (Wildman–Crippen MR) is 168 cm³/mol. The van der Waals surface area contributed by atoms with Gasteiger partial charge in [0.2, 0.25) is 0 Å². The Balaban J connectivity index is 1.87. The number of aromatic carboxylic acids is 1. The zero-order valence-corrected chi connectivity index (χ0v) is 24.9. The highest BCUT2D eigenvalue weighted by Gasteiger charge is 2.29. The molecule has 0 saturated carbocycles. The van der Waals surface area contributed by atoms with Crippen molar-refractivity contribution in [3.05, 3.63) is 113 Å². The first-order chi connectivity index (χ1) is 21.5. The highest BCUT2D eigenvalue weighted by molar-refractivity contribution is 6.06. The second kappa shape index (κ2) is 14.6. The third-order valence-corrected chi connectivity index (χ3v) is 7.22. The van der Waals surface area contributed by atoms with Crippen LogP contribution >= 0.6 is 0 Å². The van der Waals surface area contributed by atoms with Crippen LogP contribution in [-0.4, -0.2) is 55.0 Å². The minimum atomic E-state index is -1.26. The average Bonchev–Trinajstić information content (AvgIpc) is 3.35. The van der Waals surface area contributed by atoms with Gasteiger partial charge in [-0.25, -0.2) is 9.18 Å². The second-order valence-electron chi connectivity index (χ2n) is 10.9. The maximum atomic E-state index is 14.1. The van der Waals surface area contributed by atoms with Crippen molar-refractivity contribution in [2.45, 2.75) is 51.5 Å². The standard InChI is InChI=1S/C35H35FN2O7/c1-21(2)38-29(17-16-27(39)18-28(40)19-30(41)42)31(24-12-14-26(36)15-13-24)32(23-6-4-3-5-7-23)33(38)34(43)37-20-22-8-10-25(11-9-22)35(44)45/h3-17,21,27-28,39-40H,18-20H2,1-2H3,(H,37,43)(H,41,42)(H,44,45)/t27-,28-/m1/s1. The summed E-state index contributed by atoms with van der Waals surface area (Å²) in [6.07, 6.45) is -0.118. The minimum absolute atomic E-state index is 0.119. The Labute approximate surface area is 259 Å². The number of nitrogens with zero attached hydrogens (tertiary/aromatic N) is 1. The van der Waals surface area contributed by atoms with E-state index in [4.69, 9.17) is 5.11 Å². The van der Waals surface area contributed by atoms with E-state index in [-0.39, 0.29) is 24.6 Å². The number of rotatable bonds is 13. The first-order valence-corrected chi connectivity index (χ1v) is 14.4. The van der Waals surface area contributed by atoms with Gasteiger partial charge in [0.25, 0.3) is 5.91 Å². The lowest BCUT2D eigenvalue weighted by atomic mass is 9.94. The van der Waals surface area contributed by atoms with Crippen LogP contribution in [0.15, 0.2) is 84.9 Å². The maximum Gasteiger partial charge on any atom is 0.335 e. The van der Waals surface area contributed by atoms with E-state index < -0.39 is 42.3 Å². The number of carbonyl (C=O) groups excluding carboxylic acids is 1. The number of carboxylic acid groups (broad SMARTS) is 2. The molecule has 0 aliphatic rings. The van der Waals surface area contributed by atoms with Crippen LogP contribution in [0, 0.1) is 5.82 Å². The summed E-state index contributed by atoms with van der Waals surface area (Å²) in [5.74, 6) is -3.09. The zero-order valence-electron chi connectivity index (χ0n) is 24.9. The molecular weight excluding hydrogens is 579 g/mol. The van der Waals surface area contributed by atoms with E-state index in [1.54, 1.807) is 30.3 Å². The summed E-state index contributed by atoms with van der Waals surface area (Å²) in [5.41, 5.74) is 4.21. The molecule has 0 unspecified atom stereocenters. The zero-order chi connectivity index (χ0) is 32.7. The largest absolute Gasteiger partial charge is 0.481 e. The first kappa shape index (κ1) is 32.8. The number of carbonyl (C=O) groups is 3. The molecule has 0 radical (unpaired) electrons. The van der Waals surface area contributed by atoms with Crippen molar-refractivity contribution in [2.75, 3.05) is 0 Å². The summed E-state index contributed by atoms with van der Waals surface area (Å²) in [6.45, 7) is 3.91. The van der Waals surface area contributed by atoms with Crippen LogP contribution in [0.3, 0.4) is 0 Å². The van der Waals surface area contributed by atoms with Gasteiger partial charge in [-0.05, 0) is 60.9 Å². The Hall–Kier alpha value is -5.06. The van der Waals surface area contributed by atoms with Gasteiger partial charge in [0.15, 0.2) is 0 Å². The van der Waals surface area contributed by atoms with E-state index in [1.165, 1.54) is 30.3 Å². The van der Waals surface area contributed by atoms with Gasteiger partial charge < -0.3 is 30.3 Å². The highest BCUT2D eigenvalue weighted by atomic mass is 19.1. The van der Waals surface area contributed by atoms with E-state index in [2.05, 4.69) is 5.32 Å². The second-order valence-corrected chi connectivity index (χ2v) is 10.9. The highest BCUT2D eigenvalue weighted by Crippen LogP contribution is 2.42. The lowest BCUT2D eigenvalue weighted by molar-refractivity contribution is -0.139. The number of hydrogen-bond donors (Lipinski definition) is 5. The summed E-state index contributed by atoms with van der Waals surface area (Å²) >= 11 is 0. The van der Waals surface area contributed by atoms with E-state index in [0.29, 0.717) is 33.6 Å². The molecule has 10 heteroatoms. The van der Waals surface area contributed by atoms with Gasteiger partial charge in [-0.1, -0.05) is 60.7 Å². The molecule has 1 heterocycles. The van der Waals surface area contributed by atoms with Gasteiger partial charge in [0, 0.05) is 35.8 Å². The molecular formula is C35H35FN2O7. The van der Waals surface area contributed by atoms with Crippen molar-refractivity contribution in [3.8, 4) is 22.3 Å². The summed E-state index contributed by atoms with van der Waals surface area (Å²) in [4.78, 5) is 36.3. The molecule has 1 aromatic heterocycles. The maximum absolute atomic E-state index is 14.1. The van der Waals surface area contributed by atoms with E-state index >= 15 is 0 Å². The lowest BCUT2D eigenvalue weighted by Crippen LogP contribution is -2.27. The van der Waals surface area contributed by atoms with E-state index in [9.17, 15) is 34.1 Å². The molecule has 4 rings (SSSR count). The van der Waals surface area contributed by atoms with Crippen LogP contribution in [0.4, 0.5) is 4.39 Å². The SMILES string of the molecule is CC(C)n1c(C=C[C@@H](O)C[C@@H](O)CC(=O)O)c(-c2ccc(F)cc2)c(-c2ccccc2)c1C(=O)NCc1ccc(C(=O)O)cc1. The molecule has 0 fully saturated rings. The topological polar surface area (TPSA) is 149 Å². The van der Waals surface area contributed by atoms with Crippen LogP contribution in [0.25, 0.3) is 28.3 Å². The molecule has 5 N–H and O–H groups in total. The lowest BCUT2D eigenvalue weighted by Gasteiger charge is -2.17. The van der Waals surface area contributed by atoms with E-state index in [0.717, 1.165) is 5.56 Å². The quantitative estimate of drug-likeness (QED) is 0.128. The predicted octanol–water partition coefficient (Wildman–Crippen LogP) is 5.77. The van der Waals surface area contributed by atoms with Crippen LogP contribution in [-0.2, 0) is 11.3 Å². The molecule has 4 aromatic rings. The van der Waals surface area contributed by atoms with Crippen molar-refractivity contribution in [2.24, 2.45) is 0 Å². The summed E-state index contributed by atoms with van der Waals surface area (Å²) in [7, 11) is 0. The fraction of sp³-hybridized carbons (Fsp3) is 0.229. The molecule has 234 valence electrons. The van der Waals surface area contributed by atoms with E-state index in [1.807, 2.05) is 48.7 Å². The van der Waals surface area contributed by atoms with Crippen LogP contribution in [0.2, 0.25) is 0 Å². The molecule has 1 amide bonds. The van der Waals surface area contributed by atoms with Crippen molar-refractivity contribution < 1.29 is 39.2 Å². The molecule has 0 aliphatic carbocycles. The number of aliphatic carboxylic acids is 1. The number of amides is 1. The Morgan fingerprint density at radius 3 is 2.07 bits per heavy atom. The van der Waals surface area contributed by atoms with Gasteiger partial charge in [0.1, 0.15) is 11.5 Å². The summed E-state index contributed by atoms with van der Waals surface area (Å²) in [6, 6.07) is 21.0. The number of aliphatic hydroxyl groups is 2. The summed E-state index contributed by atoms with van der Waals surface area (Å²) < 4.78 is 15.9. The Kier molecular flexibility index (Phi) is 10.7. The van der Waals surface area contributed by atoms with Crippen molar-refractivity contribution in [1.29, 1.82) is 0 Å². The number of halogens is 1. The monoisotopic (exact) mass is 614 g/mol. The molecule has 9 nitrogen and oxygen atoms in total. The summed E-state index contributed by atoms with van der Waals surface area (Å²) in [5, 5.41) is 41.9. The molecule has 0 spiro atoms. The van der Waals surface area contributed by atoms with Crippen LogP contribution in [0.5, 0.6) is 0 Å². The molecule has 2 atom stereocenters. The molecule has 0 bridgehead atoms.